The number of benzene rings is 1. The monoisotopic (exact) mass is 253 g/mol. The molecule has 1 fully saturated rings. The first-order valence-corrected chi connectivity index (χ1v) is 6.51. The Morgan fingerprint density at radius 2 is 2.12 bits per heavy atom. The number of nitrogens with two attached hydrogens (primary N) is 1. The van der Waals surface area contributed by atoms with Gasteiger partial charge in [0.25, 0.3) is 0 Å². The van der Waals surface area contributed by atoms with Gasteiger partial charge in [-0.3, -0.25) is 0 Å². The Balaban J connectivity index is 2.24. The predicted octanol–water partition coefficient (Wildman–Crippen LogP) is 3.33. The third kappa shape index (κ3) is 2.43. The van der Waals surface area contributed by atoms with Gasteiger partial charge in [0.05, 0.1) is 12.1 Å². The molecule has 2 nitrogen and oxygen atoms in total. The first-order valence-electron chi connectivity index (χ1n) is 6.13. The van der Waals surface area contributed by atoms with Crippen molar-refractivity contribution in [2.24, 2.45) is 11.1 Å². The highest BCUT2D eigenvalue weighted by Gasteiger charge is 2.35. The highest BCUT2D eigenvalue weighted by Crippen LogP contribution is 2.44. The Kier molecular flexibility index (Phi) is 3.64. The quantitative estimate of drug-likeness (QED) is 0.893. The average molecular weight is 254 g/mol. The van der Waals surface area contributed by atoms with E-state index >= 15 is 0 Å². The summed E-state index contributed by atoms with van der Waals surface area (Å²) in [5, 5.41) is 0.694. The summed E-state index contributed by atoms with van der Waals surface area (Å²) in [6, 6.07) is 4.05. The first kappa shape index (κ1) is 12.7. The van der Waals surface area contributed by atoms with Crippen molar-refractivity contribution in [2.45, 2.75) is 32.6 Å². The fourth-order valence-electron chi connectivity index (χ4n) is 2.58. The third-order valence-corrected chi connectivity index (χ3v) is 4.32. The van der Waals surface area contributed by atoms with E-state index in [0.29, 0.717) is 10.4 Å². The minimum absolute atomic E-state index is 0.322. The van der Waals surface area contributed by atoms with E-state index in [0.717, 1.165) is 18.7 Å². The fraction of sp³-hybridized carbons (Fsp3) is 0.571. The molecule has 0 aliphatic heterocycles. The SMILES string of the molecule is COc1cc(C)c(CC2(CN)CCC2)cc1Cl. The van der Waals surface area contributed by atoms with Crippen LogP contribution in [0.4, 0.5) is 0 Å². The lowest BCUT2D eigenvalue weighted by Crippen LogP contribution is -2.39. The topological polar surface area (TPSA) is 35.2 Å². The number of aryl methyl sites for hydroxylation is 1. The Labute approximate surface area is 108 Å². The molecule has 2 rings (SSSR count). The maximum Gasteiger partial charge on any atom is 0.137 e. The molecule has 1 aromatic carbocycles. The maximum atomic E-state index is 6.18. The van der Waals surface area contributed by atoms with E-state index in [-0.39, 0.29) is 0 Å². The summed E-state index contributed by atoms with van der Waals surface area (Å²) >= 11 is 6.18. The van der Waals surface area contributed by atoms with Crippen LogP contribution in [-0.4, -0.2) is 13.7 Å². The Morgan fingerprint density at radius 1 is 1.41 bits per heavy atom. The summed E-state index contributed by atoms with van der Waals surface area (Å²) in [6.45, 7) is 2.88. The summed E-state index contributed by atoms with van der Waals surface area (Å²) in [6.07, 6.45) is 4.83. The lowest BCUT2D eigenvalue weighted by atomic mass is 9.65. The van der Waals surface area contributed by atoms with Crippen LogP contribution in [0.3, 0.4) is 0 Å². The van der Waals surface area contributed by atoms with Gasteiger partial charge in [-0.25, -0.2) is 0 Å². The van der Waals surface area contributed by atoms with Crippen molar-refractivity contribution < 1.29 is 4.74 Å². The lowest BCUT2D eigenvalue weighted by molar-refractivity contribution is 0.144. The molecular weight excluding hydrogens is 234 g/mol. The van der Waals surface area contributed by atoms with Crippen molar-refractivity contribution in [3.63, 3.8) is 0 Å². The van der Waals surface area contributed by atoms with E-state index in [1.54, 1.807) is 7.11 Å². The zero-order chi connectivity index (χ0) is 12.5. The van der Waals surface area contributed by atoms with Gasteiger partial charge in [-0.2, -0.15) is 0 Å². The Hall–Kier alpha value is -0.730. The predicted molar refractivity (Wildman–Crippen MR) is 71.8 cm³/mol. The second-order valence-corrected chi connectivity index (χ2v) is 5.55. The van der Waals surface area contributed by atoms with Crippen molar-refractivity contribution in [3.05, 3.63) is 28.3 Å². The minimum Gasteiger partial charge on any atom is -0.495 e. The third-order valence-electron chi connectivity index (χ3n) is 4.02. The van der Waals surface area contributed by atoms with E-state index in [9.17, 15) is 0 Å². The van der Waals surface area contributed by atoms with E-state index in [1.807, 2.05) is 12.1 Å². The fourth-order valence-corrected chi connectivity index (χ4v) is 2.84. The molecule has 1 aliphatic carbocycles. The molecule has 17 heavy (non-hydrogen) atoms. The summed E-state index contributed by atoms with van der Waals surface area (Å²) in [5.74, 6) is 0.753. The van der Waals surface area contributed by atoms with E-state index < -0.39 is 0 Å². The molecule has 0 aromatic heterocycles. The molecule has 0 radical (unpaired) electrons. The van der Waals surface area contributed by atoms with Gasteiger partial charge in [-0.1, -0.05) is 18.0 Å². The summed E-state index contributed by atoms with van der Waals surface area (Å²) in [7, 11) is 1.65. The van der Waals surface area contributed by atoms with Crippen molar-refractivity contribution in [2.75, 3.05) is 13.7 Å². The zero-order valence-corrected chi connectivity index (χ0v) is 11.3. The van der Waals surface area contributed by atoms with E-state index in [2.05, 4.69) is 6.92 Å². The van der Waals surface area contributed by atoms with Crippen LogP contribution in [0.1, 0.15) is 30.4 Å². The minimum atomic E-state index is 0.322. The number of rotatable bonds is 4. The van der Waals surface area contributed by atoms with Crippen molar-refractivity contribution in [1.29, 1.82) is 0 Å². The smallest absolute Gasteiger partial charge is 0.137 e. The van der Waals surface area contributed by atoms with Crippen LogP contribution < -0.4 is 10.5 Å². The molecule has 0 bridgehead atoms. The molecule has 2 N–H and O–H groups in total. The van der Waals surface area contributed by atoms with E-state index in [4.69, 9.17) is 22.1 Å². The first-order chi connectivity index (χ1) is 8.10. The second-order valence-electron chi connectivity index (χ2n) is 5.15. The van der Waals surface area contributed by atoms with Crippen LogP contribution in [-0.2, 0) is 6.42 Å². The molecule has 1 aromatic rings. The Morgan fingerprint density at radius 3 is 2.59 bits per heavy atom. The van der Waals surface area contributed by atoms with Crippen LogP contribution in [0, 0.1) is 12.3 Å². The zero-order valence-electron chi connectivity index (χ0n) is 10.6. The molecule has 0 spiro atoms. The van der Waals surface area contributed by atoms with Crippen molar-refractivity contribution >= 4 is 11.6 Å². The van der Waals surface area contributed by atoms with Gasteiger partial charge in [-0.15, -0.1) is 0 Å². The standard InChI is InChI=1S/C14H20ClNO/c1-10-6-13(17-2)12(15)7-11(10)8-14(9-16)4-3-5-14/h6-7H,3-5,8-9,16H2,1-2H3. The number of methoxy groups -OCH3 is 1. The van der Waals surface area contributed by atoms with Crippen molar-refractivity contribution in [3.8, 4) is 5.75 Å². The largest absolute Gasteiger partial charge is 0.495 e. The van der Waals surface area contributed by atoms with Gasteiger partial charge in [-0.05, 0) is 61.4 Å². The van der Waals surface area contributed by atoms with Gasteiger partial charge >= 0.3 is 0 Å². The lowest BCUT2D eigenvalue weighted by Gasteiger charge is -2.41. The van der Waals surface area contributed by atoms with Gasteiger partial charge in [0, 0.05) is 0 Å². The van der Waals surface area contributed by atoms with Gasteiger partial charge in [0.1, 0.15) is 5.75 Å². The van der Waals surface area contributed by atoms with Crippen molar-refractivity contribution in [1.82, 2.24) is 0 Å². The molecule has 1 saturated carbocycles. The van der Waals surface area contributed by atoms with Crippen LogP contribution in [0.5, 0.6) is 5.75 Å². The van der Waals surface area contributed by atoms with Crippen LogP contribution in [0.15, 0.2) is 12.1 Å². The highest BCUT2D eigenvalue weighted by molar-refractivity contribution is 6.32. The molecule has 1 aliphatic rings. The molecule has 0 unspecified atom stereocenters. The molecular formula is C14H20ClNO. The molecule has 0 atom stereocenters. The highest BCUT2D eigenvalue weighted by atomic mass is 35.5. The number of hydrogen-bond acceptors (Lipinski definition) is 2. The van der Waals surface area contributed by atoms with Crippen LogP contribution in [0.25, 0.3) is 0 Å². The summed E-state index contributed by atoms with van der Waals surface area (Å²) < 4.78 is 5.22. The van der Waals surface area contributed by atoms with Crippen LogP contribution in [0.2, 0.25) is 5.02 Å². The number of ether oxygens (including phenoxy) is 1. The summed E-state index contributed by atoms with van der Waals surface area (Å²) in [5.41, 5.74) is 8.77. The molecule has 0 heterocycles. The van der Waals surface area contributed by atoms with E-state index in [1.165, 1.54) is 30.4 Å². The molecule has 0 saturated heterocycles. The normalized spacial score (nSPS) is 17.6. The van der Waals surface area contributed by atoms with Crippen LogP contribution >= 0.6 is 11.6 Å². The molecule has 94 valence electrons. The number of hydrogen-bond donors (Lipinski definition) is 1. The maximum absolute atomic E-state index is 6.18. The van der Waals surface area contributed by atoms with Gasteiger partial charge < -0.3 is 10.5 Å². The number of halogens is 1. The molecule has 3 heteroatoms. The van der Waals surface area contributed by atoms with Gasteiger partial charge in [0.2, 0.25) is 0 Å². The second kappa shape index (κ2) is 4.87. The summed E-state index contributed by atoms with van der Waals surface area (Å²) in [4.78, 5) is 0. The Bertz CT molecular complexity index is 407. The van der Waals surface area contributed by atoms with Gasteiger partial charge in [0.15, 0.2) is 0 Å². The average Bonchev–Trinajstić information content (AvgIpc) is 2.27. The molecule has 0 amide bonds.